The van der Waals surface area contributed by atoms with Gasteiger partial charge in [-0.25, -0.2) is 4.79 Å². The molecule has 11 nitrogen and oxygen atoms in total. The SMILES string of the molecule is CSCCC(N)C(=O)N1CCCC1C(=O)NC(CCC(=O)O)C(=O)NC(CCSC)C(=O)O. The van der Waals surface area contributed by atoms with E-state index in [0.717, 1.165) is 0 Å². The lowest BCUT2D eigenvalue weighted by Gasteiger charge is -2.28. The van der Waals surface area contributed by atoms with E-state index in [1.807, 2.05) is 6.26 Å². The van der Waals surface area contributed by atoms with Crippen molar-refractivity contribution in [2.24, 2.45) is 5.73 Å². The van der Waals surface area contributed by atoms with E-state index >= 15 is 0 Å². The molecule has 13 heteroatoms. The summed E-state index contributed by atoms with van der Waals surface area (Å²) in [6.45, 7) is 0.367. The zero-order valence-electron chi connectivity index (χ0n) is 19.0. The molecule has 33 heavy (non-hydrogen) atoms. The van der Waals surface area contributed by atoms with Crippen molar-refractivity contribution in [2.75, 3.05) is 30.6 Å². The van der Waals surface area contributed by atoms with Crippen LogP contribution in [0.3, 0.4) is 0 Å². The van der Waals surface area contributed by atoms with Crippen LogP contribution in [0.5, 0.6) is 0 Å². The molecule has 0 saturated carbocycles. The zero-order valence-corrected chi connectivity index (χ0v) is 20.6. The van der Waals surface area contributed by atoms with Gasteiger partial charge in [0.1, 0.15) is 18.1 Å². The highest BCUT2D eigenvalue weighted by molar-refractivity contribution is 7.98. The number of amides is 3. The first-order valence-corrected chi connectivity index (χ1v) is 13.5. The number of thioether (sulfide) groups is 2. The normalized spacial score (nSPS) is 18.3. The van der Waals surface area contributed by atoms with Crippen molar-refractivity contribution >= 4 is 53.2 Å². The van der Waals surface area contributed by atoms with Gasteiger partial charge >= 0.3 is 11.9 Å². The Balaban J connectivity index is 2.89. The lowest BCUT2D eigenvalue weighted by molar-refractivity contribution is -0.143. The minimum absolute atomic E-state index is 0.181. The first kappa shape index (κ1) is 29.0. The minimum Gasteiger partial charge on any atom is -0.481 e. The molecule has 4 atom stereocenters. The van der Waals surface area contributed by atoms with Crippen LogP contribution in [0, 0.1) is 0 Å². The second kappa shape index (κ2) is 15.0. The fraction of sp³-hybridized carbons (Fsp3) is 0.750. The Kier molecular flexibility index (Phi) is 13.2. The topological polar surface area (TPSA) is 179 Å². The van der Waals surface area contributed by atoms with E-state index in [-0.39, 0.29) is 18.7 Å². The van der Waals surface area contributed by atoms with E-state index in [0.29, 0.717) is 37.3 Å². The molecule has 1 aliphatic heterocycles. The van der Waals surface area contributed by atoms with Gasteiger partial charge in [-0.3, -0.25) is 19.2 Å². The first-order chi connectivity index (χ1) is 15.6. The highest BCUT2D eigenvalue weighted by atomic mass is 32.2. The van der Waals surface area contributed by atoms with Gasteiger partial charge < -0.3 is 31.5 Å². The molecule has 6 N–H and O–H groups in total. The van der Waals surface area contributed by atoms with Crippen LogP contribution in [-0.4, -0.2) is 99.5 Å². The average Bonchev–Trinajstić information content (AvgIpc) is 3.26. The smallest absolute Gasteiger partial charge is 0.326 e. The van der Waals surface area contributed by atoms with Gasteiger partial charge in [0, 0.05) is 13.0 Å². The van der Waals surface area contributed by atoms with Gasteiger partial charge in [-0.2, -0.15) is 23.5 Å². The summed E-state index contributed by atoms with van der Waals surface area (Å²) in [5.74, 6) is -2.86. The largest absolute Gasteiger partial charge is 0.481 e. The van der Waals surface area contributed by atoms with Crippen LogP contribution in [0.2, 0.25) is 0 Å². The van der Waals surface area contributed by atoms with Crippen LogP contribution in [-0.2, 0) is 24.0 Å². The predicted octanol–water partition coefficient (Wildman–Crippen LogP) is -0.270. The summed E-state index contributed by atoms with van der Waals surface area (Å²) in [6, 6.07) is -3.95. The zero-order chi connectivity index (χ0) is 25.0. The number of carbonyl (C=O) groups is 5. The molecule has 4 unspecified atom stereocenters. The second-order valence-electron chi connectivity index (χ2n) is 7.75. The third kappa shape index (κ3) is 9.80. The maximum absolute atomic E-state index is 13.0. The molecule has 0 bridgehead atoms. The lowest BCUT2D eigenvalue weighted by atomic mass is 10.1. The van der Waals surface area contributed by atoms with Gasteiger partial charge in [0.15, 0.2) is 0 Å². The molecule has 0 aromatic carbocycles. The number of carboxylic acids is 2. The molecule has 0 aromatic heterocycles. The highest BCUT2D eigenvalue weighted by Gasteiger charge is 2.37. The molecule has 1 rings (SSSR count). The molecule has 0 radical (unpaired) electrons. The van der Waals surface area contributed by atoms with Crippen molar-refractivity contribution in [3.63, 3.8) is 0 Å². The van der Waals surface area contributed by atoms with Crippen LogP contribution in [0.4, 0.5) is 0 Å². The molecule has 0 spiro atoms. The minimum atomic E-state index is -1.24. The van der Waals surface area contributed by atoms with Crippen molar-refractivity contribution in [3.05, 3.63) is 0 Å². The van der Waals surface area contributed by atoms with E-state index in [2.05, 4.69) is 10.6 Å². The molecular weight excluding hydrogens is 472 g/mol. The average molecular weight is 507 g/mol. The van der Waals surface area contributed by atoms with Crippen molar-refractivity contribution in [1.82, 2.24) is 15.5 Å². The van der Waals surface area contributed by atoms with Gasteiger partial charge in [0.05, 0.1) is 6.04 Å². The number of carbonyl (C=O) groups excluding carboxylic acids is 3. The van der Waals surface area contributed by atoms with Crippen molar-refractivity contribution in [1.29, 1.82) is 0 Å². The Morgan fingerprint density at radius 3 is 2.21 bits per heavy atom. The second-order valence-corrected chi connectivity index (χ2v) is 9.72. The van der Waals surface area contributed by atoms with E-state index in [4.69, 9.17) is 10.8 Å². The Hall–Kier alpha value is -1.99. The number of nitrogens with one attached hydrogen (secondary N) is 2. The third-order valence-corrected chi connectivity index (χ3v) is 6.58. The molecule has 1 aliphatic rings. The van der Waals surface area contributed by atoms with Crippen LogP contribution >= 0.6 is 23.5 Å². The lowest BCUT2D eigenvalue weighted by Crippen LogP contribution is -2.56. The number of nitrogens with two attached hydrogens (primary N) is 1. The van der Waals surface area contributed by atoms with Crippen molar-refractivity contribution in [2.45, 2.75) is 62.7 Å². The summed E-state index contributed by atoms with van der Waals surface area (Å²) in [7, 11) is 0. The number of hydrogen-bond acceptors (Lipinski definition) is 8. The number of rotatable bonds is 15. The van der Waals surface area contributed by atoms with Gasteiger partial charge in [-0.1, -0.05) is 0 Å². The quantitative estimate of drug-likeness (QED) is 0.198. The summed E-state index contributed by atoms with van der Waals surface area (Å²) < 4.78 is 0. The highest BCUT2D eigenvalue weighted by Crippen LogP contribution is 2.20. The van der Waals surface area contributed by atoms with Gasteiger partial charge in [0.2, 0.25) is 17.7 Å². The Morgan fingerprint density at radius 1 is 1.00 bits per heavy atom. The van der Waals surface area contributed by atoms with E-state index in [9.17, 15) is 29.1 Å². The first-order valence-electron chi connectivity index (χ1n) is 10.7. The molecular formula is C20H34N4O7S2. The molecule has 1 saturated heterocycles. The Labute approximate surface area is 202 Å². The van der Waals surface area contributed by atoms with Crippen LogP contribution in [0.15, 0.2) is 0 Å². The van der Waals surface area contributed by atoms with E-state index in [1.165, 1.54) is 16.7 Å². The van der Waals surface area contributed by atoms with Crippen LogP contribution in [0.1, 0.15) is 38.5 Å². The summed E-state index contributed by atoms with van der Waals surface area (Å²) >= 11 is 2.99. The molecule has 1 heterocycles. The number of carboxylic acid groups (broad SMARTS) is 2. The molecule has 188 valence electrons. The van der Waals surface area contributed by atoms with E-state index < -0.39 is 54.3 Å². The summed E-state index contributed by atoms with van der Waals surface area (Å²) in [5, 5.41) is 23.3. The van der Waals surface area contributed by atoms with Gasteiger partial charge in [-0.05, 0) is 56.1 Å². The number of hydrogen-bond donors (Lipinski definition) is 5. The third-order valence-electron chi connectivity index (χ3n) is 5.29. The summed E-state index contributed by atoms with van der Waals surface area (Å²) in [5.41, 5.74) is 5.98. The molecule has 0 aromatic rings. The number of likely N-dealkylation sites (tertiary alicyclic amines) is 1. The fourth-order valence-corrected chi connectivity index (χ4v) is 4.42. The van der Waals surface area contributed by atoms with Crippen molar-refractivity contribution < 1.29 is 34.2 Å². The molecule has 1 fully saturated rings. The monoisotopic (exact) mass is 506 g/mol. The molecule has 3 amide bonds. The predicted molar refractivity (Wildman–Crippen MR) is 127 cm³/mol. The molecule has 0 aliphatic carbocycles. The standard InChI is InChI=1S/C20H34N4O7S2/c1-32-10-7-12(21)19(29)24-9-3-4-15(24)18(28)22-13(5-6-16(25)26)17(27)23-14(20(30)31)8-11-33-2/h12-15H,3-11,21H2,1-2H3,(H,22,28)(H,23,27)(H,25,26)(H,30,31). The Morgan fingerprint density at radius 2 is 1.64 bits per heavy atom. The summed E-state index contributed by atoms with van der Waals surface area (Å²) in [4.78, 5) is 62.3. The van der Waals surface area contributed by atoms with Gasteiger partial charge in [0.25, 0.3) is 0 Å². The Bertz CT molecular complexity index is 710. The van der Waals surface area contributed by atoms with Crippen molar-refractivity contribution in [3.8, 4) is 0 Å². The number of nitrogens with zero attached hydrogens (tertiary/aromatic N) is 1. The number of aliphatic carboxylic acids is 2. The van der Waals surface area contributed by atoms with E-state index in [1.54, 1.807) is 18.0 Å². The fourth-order valence-electron chi connectivity index (χ4n) is 3.45. The van der Waals surface area contributed by atoms with Gasteiger partial charge in [-0.15, -0.1) is 0 Å². The maximum atomic E-state index is 13.0. The maximum Gasteiger partial charge on any atom is 0.326 e. The van der Waals surface area contributed by atoms with Crippen LogP contribution in [0.25, 0.3) is 0 Å². The van der Waals surface area contributed by atoms with Crippen LogP contribution < -0.4 is 16.4 Å². The summed E-state index contributed by atoms with van der Waals surface area (Å²) in [6.07, 6.45) is 4.75.